The molecule has 2 aromatic rings. The Morgan fingerprint density at radius 3 is 2.95 bits per heavy atom. The molecule has 1 aromatic carbocycles. The van der Waals surface area contributed by atoms with Crippen LogP contribution in [0.15, 0.2) is 42.7 Å². The summed E-state index contributed by atoms with van der Waals surface area (Å²) in [4.78, 5) is 12.0. The van der Waals surface area contributed by atoms with E-state index in [-0.39, 0.29) is 11.7 Å². The predicted molar refractivity (Wildman–Crippen MR) is 78.3 cm³/mol. The van der Waals surface area contributed by atoms with E-state index >= 15 is 0 Å². The van der Waals surface area contributed by atoms with Crippen molar-refractivity contribution in [2.75, 3.05) is 6.61 Å². The monoisotopic (exact) mass is 269 g/mol. The van der Waals surface area contributed by atoms with Gasteiger partial charge in [-0.3, -0.25) is 4.79 Å². The number of fused-ring (bicyclic) bond motifs is 1. The van der Waals surface area contributed by atoms with Crippen LogP contribution in [-0.4, -0.2) is 17.0 Å². The summed E-state index contributed by atoms with van der Waals surface area (Å²) in [5.74, 6) is 1.59. The number of aromatic nitrogens is 1. The van der Waals surface area contributed by atoms with Gasteiger partial charge in [0.05, 0.1) is 6.61 Å². The first-order valence-electron chi connectivity index (χ1n) is 7.07. The summed E-state index contributed by atoms with van der Waals surface area (Å²) in [5, 5.41) is 0. The molecule has 0 fully saturated rings. The summed E-state index contributed by atoms with van der Waals surface area (Å²) < 4.78 is 7.78. The maximum atomic E-state index is 12.0. The largest absolute Gasteiger partial charge is 0.493 e. The van der Waals surface area contributed by atoms with Gasteiger partial charge in [0, 0.05) is 41.9 Å². The van der Waals surface area contributed by atoms with Gasteiger partial charge in [-0.2, -0.15) is 0 Å². The number of rotatable bonds is 4. The average Bonchev–Trinajstić information content (AvgIpc) is 3.06. The highest BCUT2D eigenvalue weighted by Gasteiger charge is 2.24. The third-order valence-corrected chi connectivity index (χ3v) is 3.79. The van der Waals surface area contributed by atoms with Crippen molar-refractivity contribution in [3.8, 4) is 5.75 Å². The lowest BCUT2D eigenvalue weighted by Crippen LogP contribution is -2.10. The van der Waals surface area contributed by atoms with Gasteiger partial charge >= 0.3 is 0 Å². The van der Waals surface area contributed by atoms with Crippen molar-refractivity contribution in [1.29, 1.82) is 0 Å². The lowest BCUT2D eigenvalue weighted by molar-refractivity contribution is 0.0939. The lowest BCUT2D eigenvalue weighted by atomic mass is 10.0. The van der Waals surface area contributed by atoms with Crippen LogP contribution >= 0.6 is 0 Å². The van der Waals surface area contributed by atoms with Crippen LogP contribution in [0, 0.1) is 5.92 Å². The van der Waals surface area contributed by atoms with E-state index in [1.807, 2.05) is 50.5 Å². The maximum absolute atomic E-state index is 12.0. The number of carbonyl (C=O) groups is 1. The van der Waals surface area contributed by atoms with Crippen molar-refractivity contribution < 1.29 is 9.53 Å². The number of nitrogens with zero attached hydrogens (tertiary/aromatic N) is 1. The van der Waals surface area contributed by atoms with Gasteiger partial charge in [-0.1, -0.05) is 32.0 Å². The molecule has 3 heteroatoms. The molecule has 0 aliphatic carbocycles. The molecule has 0 spiro atoms. The molecule has 0 saturated heterocycles. The Labute approximate surface area is 119 Å². The number of ketones is 1. The third-order valence-electron chi connectivity index (χ3n) is 3.79. The van der Waals surface area contributed by atoms with E-state index < -0.39 is 0 Å². The zero-order valence-electron chi connectivity index (χ0n) is 11.9. The third kappa shape index (κ3) is 2.36. The van der Waals surface area contributed by atoms with Gasteiger partial charge in [0.25, 0.3) is 0 Å². The molecule has 0 amide bonds. The number of benzene rings is 1. The summed E-state index contributed by atoms with van der Waals surface area (Å²) in [5.41, 5.74) is 2.06. The summed E-state index contributed by atoms with van der Waals surface area (Å²) >= 11 is 0. The molecule has 1 aliphatic rings. The summed E-state index contributed by atoms with van der Waals surface area (Å²) in [6, 6.07) is 10.1. The second-order valence-electron chi connectivity index (χ2n) is 5.66. The van der Waals surface area contributed by atoms with Crippen LogP contribution in [0.5, 0.6) is 5.75 Å². The fourth-order valence-corrected chi connectivity index (χ4v) is 2.67. The zero-order chi connectivity index (χ0) is 14.1. The van der Waals surface area contributed by atoms with E-state index in [9.17, 15) is 4.79 Å². The predicted octanol–water partition coefficient (Wildman–Crippen LogP) is 3.50. The van der Waals surface area contributed by atoms with Crippen LogP contribution in [0.25, 0.3) is 0 Å². The number of Topliss-reactive ketones (excluding diaryl/α,β-unsaturated/α-hetero) is 1. The Hall–Kier alpha value is -2.03. The van der Waals surface area contributed by atoms with Crippen molar-refractivity contribution in [3.05, 3.63) is 53.9 Å². The zero-order valence-corrected chi connectivity index (χ0v) is 11.9. The molecule has 0 N–H and O–H groups in total. The average molecular weight is 269 g/mol. The SMILES string of the molecule is CC(C)C(=O)c1ccn(CC2COc3ccccc32)c1. The van der Waals surface area contributed by atoms with Crippen molar-refractivity contribution in [3.63, 3.8) is 0 Å². The highest BCUT2D eigenvalue weighted by molar-refractivity contribution is 5.97. The quantitative estimate of drug-likeness (QED) is 0.795. The molecule has 1 atom stereocenters. The highest BCUT2D eigenvalue weighted by Crippen LogP contribution is 2.34. The van der Waals surface area contributed by atoms with Crippen LogP contribution in [0.1, 0.15) is 35.7 Å². The summed E-state index contributed by atoms with van der Waals surface area (Å²) in [6.45, 7) is 5.43. The molecule has 0 bridgehead atoms. The molecule has 104 valence electrons. The van der Waals surface area contributed by atoms with Crippen molar-refractivity contribution >= 4 is 5.78 Å². The Morgan fingerprint density at radius 1 is 1.35 bits per heavy atom. The molecular weight excluding hydrogens is 250 g/mol. The number of para-hydroxylation sites is 1. The minimum Gasteiger partial charge on any atom is -0.493 e. The van der Waals surface area contributed by atoms with Crippen molar-refractivity contribution in [2.24, 2.45) is 5.92 Å². The van der Waals surface area contributed by atoms with Crippen molar-refractivity contribution in [1.82, 2.24) is 4.57 Å². The second kappa shape index (κ2) is 5.16. The fourth-order valence-electron chi connectivity index (χ4n) is 2.67. The Kier molecular flexibility index (Phi) is 3.35. The van der Waals surface area contributed by atoms with Crippen LogP contribution in [0.2, 0.25) is 0 Å². The fraction of sp³-hybridized carbons (Fsp3) is 0.353. The Bertz CT molecular complexity index is 627. The van der Waals surface area contributed by atoms with E-state index in [1.54, 1.807) is 0 Å². The molecule has 2 heterocycles. The first-order chi connectivity index (χ1) is 9.65. The molecule has 1 aromatic heterocycles. The standard InChI is InChI=1S/C17H19NO2/c1-12(2)17(19)13-7-8-18(9-13)10-14-11-20-16-6-4-3-5-15(14)16/h3-9,12,14H,10-11H2,1-2H3. The first-order valence-corrected chi connectivity index (χ1v) is 7.07. The Balaban J connectivity index is 1.75. The highest BCUT2D eigenvalue weighted by atomic mass is 16.5. The van der Waals surface area contributed by atoms with Gasteiger partial charge < -0.3 is 9.30 Å². The normalized spacial score (nSPS) is 17.1. The van der Waals surface area contributed by atoms with E-state index in [0.29, 0.717) is 12.5 Å². The van der Waals surface area contributed by atoms with Gasteiger partial charge in [-0.05, 0) is 12.1 Å². The molecular formula is C17H19NO2. The molecule has 3 rings (SSSR count). The summed E-state index contributed by atoms with van der Waals surface area (Å²) in [6.07, 6.45) is 3.93. The number of hydrogen-bond donors (Lipinski definition) is 0. The van der Waals surface area contributed by atoms with E-state index in [0.717, 1.165) is 17.9 Å². The maximum Gasteiger partial charge on any atom is 0.166 e. The molecule has 1 unspecified atom stereocenters. The van der Waals surface area contributed by atoms with Crippen LogP contribution in [0.4, 0.5) is 0 Å². The first kappa shape index (κ1) is 13.0. The van der Waals surface area contributed by atoms with Gasteiger partial charge in [-0.15, -0.1) is 0 Å². The van der Waals surface area contributed by atoms with E-state index in [4.69, 9.17) is 4.74 Å². The number of carbonyl (C=O) groups excluding carboxylic acids is 1. The smallest absolute Gasteiger partial charge is 0.166 e. The minimum atomic E-state index is 0.0430. The topological polar surface area (TPSA) is 31.2 Å². The van der Waals surface area contributed by atoms with Gasteiger partial charge in [0.2, 0.25) is 0 Å². The number of ether oxygens (including phenoxy) is 1. The molecule has 1 aliphatic heterocycles. The number of hydrogen-bond acceptors (Lipinski definition) is 2. The molecule has 20 heavy (non-hydrogen) atoms. The van der Waals surface area contributed by atoms with Gasteiger partial charge in [0.15, 0.2) is 5.78 Å². The van der Waals surface area contributed by atoms with Gasteiger partial charge in [0.1, 0.15) is 5.75 Å². The minimum absolute atomic E-state index is 0.0430. The second-order valence-corrected chi connectivity index (χ2v) is 5.66. The van der Waals surface area contributed by atoms with Gasteiger partial charge in [-0.25, -0.2) is 0 Å². The van der Waals surface area contributed by atoms with E-state index in [1.165, 1.54) is 5.56 Å². The van der Waals surface area contributed by atoms with Crippen LogP contribution in [-0.2, 0) is 6.54 Å². The molecule has 3 nitrogen and oxygen atoms in total. The van der Waals surface area contributed by atoms with Crippen LogP contribution in [0.3, 0.4) is 0 Å². The Morgan fingerprint density at radius 2 is 2.15 bits per heavy atom. The van der Waals surface area contributed by atoms with E-state index in [2.05, 4.69) is 10.6 Å². The molecule has 0 saturated carbocycles. The summed E-state index contributed by atoms with van der Waals surface area (Å²) in [7, 11) is 0. The molecule has 0 radical (unpaired) electrons. The van der Waals surface area contributed by atoms with Crippen molar-refractivity contribution in [2.45, 2.75) is 26.3 Å². The van der Waals surface area contributed by atoms with Crippen LogP contribution < -0.4 is 4.74 Å². The lowest BCUT2D eigenvalue weighted by Gasteiger charge is -2.10.